The summed E-state index contributed by atoms with van der Waals surface area (Å²) < 4.78 is 0.748. The molecule has 1 heterocycles. The molecule has 0 unspecified atom stereocenters. The molecule has 0 aliphatic heterocycles. The molecule has 0 radical (unpaired) electrons. The molecule has 3 N–H and O–H groups in total. The number of aliphatic carboxylic acids is 1. The second-order valence-electron chi connectivity index (χ2n) is 3.99. The van der Waals surface area contributed by atoms with Crippen LogP contribution in [0.1, 0.15) is 24.1 Å². The number of carboxylic acid groups (broad SMARTS) is 1. The van der Waals surface area contributed by atoms with Gasteiger partial charge in [-0.3, -0.25) is 4.79 Å². The standard InChI is InChI=1S/C12H17ClN2O3S/c13-10-5-4-9(19-10)6-8-15-12(18)14-7-2-1-3-11(16)17/h4-5H,1-3,6-8H2,(H,16,17)(H2,14,15,18). The normalized spacial score (nSPS) is 10.2. The molecule has 0 bridgehead atoms. The van der Waals surface area contributed by atoms with Crippen molar-refractivity contribution in [2.24, 2.45) is 0 Å². The molecule has 0 atom stereocenters. The van der Waals surface area contributed by atoms with Crippen LogP contribution in [0.5, 0.6) is 0 Å². The van der Waals surface area contributed by atoms with Gasteiger partial charge in [-0.05, 0) is 31.4 Å². The zero-order chi connectivity index (χ0) is 14.1. The molecule has 1 aromatic rings. The molecule has 0 saturated heterocycles. The van der Waals surface area contributed by atoms with Crippen molar-refractivity contribution < 1.29 is 14.7 Å². The lowest BCUT2D eigenvalue weighted by atomic mass is 10.2. The minimum Gasteiger partial charge on any atom is -0.481 e. The van der Waals surface area contributed by atoms with E-state index in [-0.39, 0.29) is 12.5 Å². The lowest BCUT2D eigenvalue weighted by Crippen LogP contribution is -2.37. The first-order chi connectivity index (χ1) is 9.08. The van der Waals surface area contributed by atoms with E-state index in [0.29, 0.717) is 25.9 Å². The first-order valence-corrected chi connectivity index (χ1v) is 7.25. The van der Waals surface area contributed by atoms with Crippen LogP contribution >= 0.6 is 22.9 Å². The van der Waals surface area contributed by atoms with Crippen molar-refractivity contribution in [1.82, 2.24) is 10.6 Å². The van der Waals surface area contributed by atoms with Crippen LogP contribution in [0.15, 0.2) is 12.1 Å². The van der Waals surface area contributed by atoms with Gasteiger partial charge >= 0.3 is 12.0 Å². The average molecular weight is 305 g/mol. The van der Waals surface area contributed by atoms with Crippen LogP contribution in [0.2, 0.25) is 4.34 Å². The molecule has 0 aliphatic carbocycles. The topological polar surface area (TPSA) is 78.4 Å². The fourth-order valence-electron chi connectivity index (χ4n) is 1.45. The lowest BCUT2D eigenvalue weighted by molar-refractivity contribution is -0.137. The number of hydrogen-bond acceptors (Lipinski definition) is 3. The molecule has 0 fully saturated rings. The Labute approximate surface area is 121 Å². The molecule has 0 spiro atoms. The van der Waals surface area contributed by atoms with Crippen molar-refractivity contribution >= 4 is 34.9 Å². The number of halogens is 1. The van der Waals surface area contributed by atoms with Crippen molar-refractivity contribution in [3.8, 4) is 0 Å². The van der Waals surface area contributed by atoms with Crippen LogP contribution in [-0.2, 0) is 11.2 Å². The largest absolute Gasteiger partial charge is 0.481 e. The van der Waals surface area contributed by atoms with Crippen molar-refractivity contribution in [1.29, 1.82) is 0 Å². The van der Waals surface area contributed by atoms with Crippen LogP contribution in [-0.4, -0.2) is 30.2 Å². The summed E-state index contributed by atoms with van der Waals surface area (Å²) in [4.78, 5) is 22.8. The predicted octanol–water partition coefficient (Wildman–Crippen LogP) is 2.50. The number of carboxylic acids is 1. The second-order valence-corrected chi connectivity index (χ2v) is 5.79. The summed E-state index contributed by atoms with van der Waals surface area (Å²) >= 11 is 7.30. The molecule has 106 valence electrons. The van der Waals surface area contributed by atoms with Gasteiger partial charge in [0.25, 0.3) is 0 Å². The second kappa shape index (κ2) is 8.77. The Balaban J connectivity index is 2.00. The maximum Gasteiger partial charge on any atom is 0.314 e. The summed E-state index contributed by atoms with van der Waals surface area (Å²) in [5, 5.41) is 13.9. The Morgan fingerprint density at radius 3 is 2.58 bits per heavy atom. The molecule has 1 rings (SSSR count). The number of carbonyl (C=O) groups excluding carboxylic acids is 1. The van der Waals surface area contributed by atoms with Crippen molar-refractivity contribution in [2.45, 2.75) is 25.7 Å². The maximum atomic E-state index is 11.4. The molecule has 0 aromatic carbocycles. The number of urea groups is 1. The van der Waals surface area contributed by atoms with E-state index in [0.717, 1.165) is 15.6 Å². The van der Waals surface area contributed by atoms with Crippen LogP contribution < -0.4 is 10.6 Å². The Kier molecular flexibility index (Phi) is 7.28. The van der Waals surface area contributed by atoms with E-state index >= 15 is 0 Å². The van der Waals surface area contributed by atoms with Gasteiger partial charge in [-0.1, -0.05) is 11.6 Å². The monoisotopic (exact) mass is 304 g/mol. The third-order valence-electron chi connectivity index (χ3n) is 2.39. The van der Waals surface area contributed by atoms with Crippen LogP contribution in [0.3, 0.4) is 0 Å². The molecular weight excluding hydrogens is 288 g/mol. The van der Waals surface area contributed by atoms with Gasteiger partial charge in [0, 0.05) is 24.4 Å². The highest BCUT2D eigenvalue weighted by Gasteiger charge is 2.02. The predicted molar refractivity (Wildman–Crippen MR) is 75.9 cm³/mol. The van der Waals surface area contributed by atoms with Crippen molar-refractivity contribution in [3.63, 3.8) is 0 Å². The Morgan fingerprint density at radius 2 is 1.95 bits per heavy atom. The highest BCUT2D eigenvalue weighted by molar-refractivity contribution is 7.16. The van der Waals surface area contributed by atoms with Crippen LogP contribution in [0, 0.1) is 0 Å². The van der Waals surface area contributed by atoms with Gasteiger partial charge in [-0.15, -0.1) is 11.3 Å². The SMILES string of the molecule is O=C(O)CCCCNC(=O)NCCc1ccc(Cl)s1. The fraction of sp³-hybridized carbons (Fsp3) is 0.500. The number of unbranched alkanes of at least 4 members (excludes halogenated alkanes) is 1. The van der Waals surface area contributed by atoms with Gasteiger partial charge in [0.1, 0.15) is 0 Å². The van der Waals surface area contributed by atoms with Gasteiger partial charge in [0.15, 0.2) is 0 Å². The van der Waals surface area contributed by atoms with E-state index in [9.17, 15) is 9.59 Å². The summed E-state index contributed by atoms with van der Waals surface area (Å²) in [6.45, 7) is 1.04. The molecule has 0 saturated carbocycles. The van der Waals surface area contributed by atoms with Crippen LogP contribution in [0.4, 0.5) is 4.79 Å². The molecule has 2 amide bonds. The van der Waals surface area contributed by atoms with E-state index in [1.165, 1.54) is 11.3 Å². The Hall–Kier alpha value is -1.27. The minimum absolute atomic E-state index is 0.141. The molecule has 0 aliphatic rings. The third-order valence-corrected chi connectivity index (χ3v) is 3.68. The van der Waals surface area contributed by atoms with Crippen molar-refractivity contribution in [3.05, 3.63) is 21.3 Å². The fourth-order valence-corrected chi connectivity index (χ4v) is 2.54. The molecular formula is C12H17ClN2O3S. The summed E-state index contributed by atoms with van der Waals surface area (Å²) in [6.07, 6.45) is 2.13. The van der Waals surface area contributed by atoms with Gasteiger partial charge in [0.2, 0.25) is 0 Å². The van der Waals surface area contributed by atoms with E-state index in [1.54, 1.807) is 0 Å². The first kappa shape index (κ1) is 15.8. The van der Waals surface area contributed by atoms with Gasteiger partial charge in [0.05, 0.1) is 4.34 Å². The van der Waals surface area contributed by atoms with Crippen molar-refractivity contribution in [2.75, 3.05) is 13.1 Å². The molecule has 5 nitrogen and oxygen atoms in total. The smallest absolute Gasteiger partial charge is 0.314 e. The van der Waals surface area contributed by atoms with E-state index in [2.05, 4.69) is 10.6 Å². The first-order valence-electron chi connectivity index (χ1n) is 6.05. The lowest BCUT2D eigenvalue weighted by Gasteiger charge is -2.06. The van der Waals surface area contributed by atoms with Gasteiger partial charge in [-0.25, -0.2) is 4.79 Å². The molecule has 19 heavy (non-hydrogen) atoms. The summed E-state index contributed by atoms with van der Waals surface area (Å²) in [5.74, 6) is -0.806. The quantitative estimate of drug-likeness (QED) is 0.646. The van der Waals surface area contributed by atoms with Crippen LogP contribution in [0.25, 0.3) is 0 Å². The van der Waals surface area contributed by atoms with E-state index < -0.39 is 5.97 Å². The molecule has 1 aromatic heterocycles. The number of hydrogen-bond donors (Lipinski definition) is 3. The van der Waals surface area contributed by atoms with E-state index in [4.69, 9.17) is 16.7 Å². The number of thiophene rings is 1. The number of amides is 2. The zero-order valence-electron chi connectivity index (χ0n) is 10.4. The van der Waals surface area contributed by atoms with E-state index in [1.807, 2.05) is 12.1 Å². The third kappa shape index (κ3) is 7.69. The van der Waals surface area contributed by atoms with Gasteiger partial charge in [-0.2, -0.15) is 0 Å². The summed E-state index contributed by atoms with van der Waals surface area (Å²) in [6, 6.07) is 3.56. The number of nitrogens with one attached hydrogen (secondary N) is 2. The number of carbonyl (C=O) groups is 2. The molecule has 7 heteroatoms. The summed E-state index contributed by atoms with van der Waals surface area (Å²) in [5.41, 5.74) is 0. The Bertz CT molecular complexity index is 423. The average Bonchev–Trinajstić information content (AvgIpc) is 2.74. The highest BCUT2D eigenvalue weighted by atomic mass is 35.5. The zero-order valence-corrected chi connectivity index (χ0v) is 12.0. The summed E-state index contributed by atoms with van der Waals surface area (Å²) in [7, 11) is 0. The van der Waals surface area contributed by atoms with Gasteiger partial charge < -0.3 is 15.7 Å². The Morgan fingerprint density at radius 1 is 1.21 bits per heavy atom. The number of rotatable bonds is 8. The maximum absolute atomic E-state index is 11.4. The highest BCUT2D eigenvalue weighted by Crippen LogP contribution is 2.21. The minimum atomic E-state index is -0.806.